The van der Waals surface area contributed by atoms with E-state index in [1.165, 1.54) is 6.07 Å². The fourth-order valence-corrected chi connectivity index (χ4v) is 3.33. The highest BCUT2D eigenvalue weighted by Gasteiger charge is 2.38. The average molecular weight is 355 g/mol. The molecule has 1 amide bonds. The van der Waals surface area contributed by atoms with Gasteiger partial charge in [0.05, 0.1) is 16.8 Å². The molecule has 1 aliphatic rings. The Hall–Kier alpha value is -1.40. The normalized spacial score (nSPS) is 25.4. The second-order valence-electron chi connectivity index (χ2n) is 5.78. The lowest BCUT2D eigenvalue weighted by Crippen LogP contribution is -2.53. The Balaban J connectivity index is 2.26. The summed E-state index contributed by atoms with van der Waals surface area (Å²) in [5.74, 6) is -1.01. The van der Waals surface area contributed by atoms with Gasteiger partial charge in [-0.2, -0.15) is 0 Å². The first-order valence-corrected chi connectivity index (χ1v) is 7.75. The van der Waals surface area contributed by atoms with Crippen molar-refractivity contribution in [1.29, 1.82) is 0 Å². The molecule has 2 rings (SSSR count). The zero-order valence-corrected chi connectivity index (χ0v) is 13.4. The van der Waals surface area contributed by atoms with Crippen molar-refractivity contribution < 1.29 is 14.7 Å². The number of benzene rings is 1. The van der Waals surface area contributed by atoms with Crippen molar-refractivity contribution in [1.82, 2.24) is 0 Å². The maximum Gasteiger partial charge on any atom is 0.337 e. The monoisotopic (exact) mass is 354 g/mol. The molecule has 0 aliphatic heterocycles. The number of nitrogens with one attached hydrogen (secondary N) is 1. The van der Waals surface area contributed by atoms with Gasteiger partial charge in [-0.25, -0.2) is 4.79 Å². The molecule has 21 heavy (non-hydrogen) atoms. The molecule has 1 saturated carbocycles. The second kappa shape index (κ2) is 6.15. The summed E-state index contributed by atoms with van der Waals surface area (Å²) in [5.41, 5.74) is 5.62. The van der Waals surface area contributed by atoms with E-state index in [0.717, 1.165) is 12.8 Å². The van der Waals surface area contributed by atoms with Crippen molar-refractivity contribution >= 4 is 33.5 Å². The third-order valence-electron chi connectivity index (χ3n) is 3.97. The van der Waals surface area contributed by atoms with E-state index in [4.69, 9.17) is 5.73 Å². The van der Waals surface area contributed by atoms with Gasteiger partial charge in [0.2, 0.25) is 5.91 Å². The van der Waals surface area contributed by atoms with Crippen LogP contribution in [0.4, 0.5) is 5.69 Å². The van der Waals surface area contributed by atoms with E-state index < -0.39 is 11.5 Å². The first kappa shape index (κ1) is 16.0. The Labute approximate surface area is 132 Å². The van der Waals surface area contributed by atoms with Gasteiger partial charge in [0.1, 0.15) is 0 Å². The molecule has 0 saturated heterocycles. The van der Waals surface area contributed by atoms with Gasteiger partial charge in [-0.1, -0.05) is 25.8 Å². The fraction of sp³-hybridized carbons (Fsp3) is 0.467. The molecule has 2 unspecified atom stereocenters. The summed E-state index contributed by atoms with van der Waals surface area (Å²) in [4.78, 5) is 23.8. The molecule has 114 valence electrons. The number of nitrogens with two attached hydrogens (primary N) is 1. The third-order valence-corrected chi connectivity index (χ3v) is 4.63. The van der Waals surface area contributed by atoms with Gasteiger partial charge in [-0.15, -0.1) is 0 Å². The predicted molar refractivity (Wildman–Crippen MR) is 84.3 cm³/mol. The SMILES string of the molecule is CC1CCCC(N)(C(=O)Nc2c(Br)cccc2C(=O)O)C1. The molecule has 1 aromatic rings. The number of aromatic carboxylic acids is 1. The highest BCUT2D eigenvalue weighted by Crippen LogP contribution is 2.33. The van der Waals surface area contributed by atoms with Crippen molar-refractivity contribution in [3.8, 4) is 0 Å². The van der Waals surface area contributed by atoms with Crippen molar-refractivity contribution in [2.45, 2.75) is 38.1 Å². The van der Waals surface area contributed by atoms with Crippen molar-refractivity contribution in [2.24, 2.45) is 11.7 Å². The minimum atomic E-state index is -1.09. The van der Waals surface area contributed by atoms with Crippen LogP contribution in [0, 0.1) is 5.92 Å². The third kappa shape index (κ3) is 3.44. The first-order chi connectivity index (χ1) is 9.83. The fourth-order valence-electron chi connectivity index (χ4n) is 2.87. The maximum absolute atomic E-state index is 12.5. The molecule has 0 radical (unpaired) electrons. The van der Waals surface area contributed by atoms with E-state index in [1.54, 1.807) is 12.1 Å². The maximum atomic E-state index is 12.5. The molecular formula is C15H19BrN2O3. The van der Waals surface area contributed by atoms with E-state index in [2.05, 4.69) is 28.2 Å². The number of carboxylic acids is 1. The van der Waals surface area contributed by atoms with Crippen molar-refractivity contribution in [3.63, 3.8) is 0 Å². The molecule has 0 bridgehead atoms. The van der Waals surface area contributed by atoms with Crippen LogP contribution in [-0.2, 0) is 4.79 Å². The molecule has 0 heterocycles. The Morgan fingerprint density at radius 1 is 1.48 bits per heavy atom. The molecular weight excluding hydrogens is 336 g/mol. The van der Waals surface area contributed by atoms with Gasteiger partial charge in [0.15, 0.2) is 0 Å². The summed E-state index contributed by atoms with van der Waals surface area (Å²) >= 11 is 3.28. The van der Waals surface area contributed by atoms with Gasteiger partial charge >= 0.3 is 5.97 Å². The Kier molecular flexibility index (Phi) is 4.68. The number of para-hydroxylation sites is 1. The van der Waals surface area contributed by atoms with Gasteiger partial charge in [-0.05, 0) is 46.8 Å². The van der Waals surface area contributed by atoms with Crippen LogP contribution < -0.4 is 11.1 Å². The molecule has 1 aromatic carbocycles. The quantitative estimate of drug-likeness (QED) is 0.777. The van der Waals surface area contributed by atoms with Crippen LogP contribution in [0.1, 0.15) is 43.0 Å². The zero-order valence-electron chi connectivity index (χ0n) is 11.9. The van der Waals surface area contributed by atoms with Gasteiger partial charge < -0.3 is 16.2 Å². The average Bonchev–Trinajstić information content (AvgIpc) is 2.40. The summed E-state index contributed by atoms with van der Waals surface area (Å²) < 4.78 is 0.531. The number of carboxylic acid groups (broad SMARTS) is 1. The standard InChI is InChI=1S/C15H19BrN2O3/c1-9-4-3-7-15(17,8-9)14(21)18-12-10(13(19)20)5-2-6-11(12)16/h2,5-6,9H,3-4,7-8,17H2,1H3,(H,18,21)(H,19,20). The number of anilines is 1. The summed E-state index contributed by atoms with van der Waals surface area (Å²) in [6.45, 7) is 2.08. The van der Waals surface area contributed by atoms with E-state index in [9.17, 15) is 14.7 Å². The number of carbonyl (C=O) groups is 2. The minimum absolute atomic E-state index is 0.0465. The Bertz CT molecular complexity index is 576. The number of amides is 1. The van der Waals surface area contributed by atoms with Crippen LogP contribution in [0.5, 0.6) is 0 Å². The van der Waals surface area contributed by atoms with Crippen LogP contribution in [0.15, 0.2) is 22.7 Å². The summed E-state index contributed by atoms with van der Waals surface area (Å²) in [6, 6.07) is 4.76. The van der Waals surface area contributed by atoms with E-state index in [0.29, 0.717) is 23.2 Å². The Morgan fingerprint density at radius 3 is 2.81 bits per heavy atom. The van der Waals surface area contributed by atoms with Crippen LogP contribution in [0.25, 0.3) is 0 Å². The molecule has 4 N–H and O–H groups in total. The van der Waals surface area contributed by atoms with Crippen LogP contribution >= 0.6 is 15.9 Å². The smallest absolute Gasteiger partial charge is 0.337 e. The summed E-state index contributed by atoms with van der Waals surface area (Å²) in [5, 5.41) is 11.9. The molecule has 0 spiro atoms. The van der Waals surface area contributed by atoms with Crippen LogP contribution in [0.2, 0.25) is 0 Å². The molecule has 5 nitrogen and oxygen atoms in total. The lowest BCUT2D eigenvalue weighted by Gasteiger charge is -2.35. The number of carbonyl (C=O) groups excluding carboxylic acids is 1. The van der Waals surface area contributed by atoms with Gasteiger partial charge in [0, 0.05) is 4.47 Å². The molecule has 2 atom stereocenters. The van der Waals surface area contributed by atoms with Gasteiger partial charge in [-0.3, -0.25) is 4.79 Å². The van der Waals surface area contributed by atoms with Crippen molar-refractivity contribution in [2.75, 3.05) is 5.32 Å². The minimum Gasteiger partial charge on any atom is -0.478 e. The summed E-state index contributed by atoms with van der Waals surface area (Å²) in [6.07, 6.45) is 3.22. The number of hydrogen-bond acceptors (Lipinski definition) is 3. The largest absolute Gasteiger partial charge is 0.478 e. The van der Waals surface area contributed by atoms with E-state index in [1.807, 2.05) is 0 Å². The second-order valence-corrected chi connectivity index (χ2v) is 6.63. The zero-order chi connectivity index (χ0) is 15.6. The predicted octanol–water partition coefficient (Wildman–Crippen LogP) is 2.99. The highest BCUT2D eigenvalue weighted by molar-refractivity contribution is 9.10. The van der Waals surface area contributed by atoms with Crippen molar-refractivity contribution in [3.05, 3.63) is 28.2 Å². The number of rotatable bonds is 3. The topological polar surface area (TPSA) is 92.4 Å². The number of hydrogen-bond donors (Lipinski definition) is 3. The lowest BCUT2D eigenvalue weighted by molar-refractivity contribution is -0.122. The van der Waals surface area contributed by atoms with Gasteiger partial charge in [0.25, 0.3) is 0 Å². The molecule has 1 aliphatic carbocycles. The molecule has 0 aromatic heterocycles. The van der Waals surface area contributed by atoms with Crippen LogP contribution in [-0.4, -0.2) is 22.5 Å². The summed E-state index contributed by atoms with van der Waals surface area (Å²) in [7, 11) is 0. The Morgan fingerprint density at radius 2 is 2.19 bits per heavy atom. The van der Waals surface area contributed by atoms with Crippen LogP contribution in [0.3, 0.4) is 0 Å². The lowest BCUT2D eigenvalue weighted by atomic mass is 9.76. The van der Waals surface area contributed by atoms with E-state index >= 15 is 0 Å². The number of halogens is 1. The first-order valence-electron chi connectivity index (χ1n) is 6.95. The van der Waals surface area contributed by atoms with E-state index in [-0.39, 0.29) is 17.2 Å². The highest BCUT2D eigenvalue weighted by atomic mass is 79.9. The molecule has 1 fully saturated rings. The molecule has 6 heteroatoms.